The molecule has 1 aliphatic heterocycles. The summed E-state index contributed by atoms with van der Waals surface area (Å²) in [6, 6.07) is 3.36. The summed E-state index contributed by atoms with van der Waals surface area (Å²) in [7, 11) is 0. The van der Waals surface area contributed by atoms with Crippen molar-refractivity contribution in [1.29, 1.82) is 0 Å². The van der Waals surface area contributed by atoms with Gasteiger partial charge in [0.25, 0.3) is 5.69 Å². The standard InChI is InChI=1S/C11H13BrN2O2/c1-2-13-6-5-8-9(7-13)11(14(15)16)4-3-10(8)12/h3-4H,2,5-7H2,1H3. The van der Waals surface area contributed by atoms with Crippen LogP contribution < -0.4 is 0 Å². The molecule has 0 unspecified atom stereocenters. The van der Waals surface area contributed by atoms with Gasteiger partial charge in [-0.3, -0.25) is 15.0 Å². The zero-order valence-corrected chi connectivity index (χ0v) is 10.7. The van der Waals surface area contributed by atoms with E-state index in [9.17, 15) is 10.1 Å². The van der Waals surface area contributed by atoms with Crippen molar-refractivity contribution in [3.05, 3.63) is 37.8 Å². The Morgan fingerprint density at radius 3 is 2.88 bits per heavy atom. The first kappa shape index (κ1) is 11.5. The summed E-state index contributed by atoms with van der Waals surface area (Å²) in [5.74, 6) is 0. The first-order valence-corrected chi connectivity index (χ1v) is 6.09. The minimum absolute atomic E-state index is 0.247. The van der Waals surface area contributed by atoms with Crippen molar-refractivity contribution in [2.75, 3.05) is 13.1 Å². The van der Waals surface area contributed by atoms with E-state index in [1.54, 1.807) is 12.1 Å². The molecule has 0 amide bonds. The van der Waals surface area contributed by atoms with E-state index < -0.39 is 0 Å². The number of hydrogen-bond donors (Lipinski definition) is 0. The van der Waals surface area contributed by atoms with Crippen LogP contribution in [0.1, 0.15) is 18.1 Å². The maximum Gasteiger partial charge on any atom is 0.274 e. The second kappa shape index (κ2) is 4.51. The molecule has 1 aromatic carbocycles. The zero-order valence-electron chi connectivity index (χ0n) is 9.07. The molecule has 0 aliphatic carbocycles. The van der Waals surface area contributed by atoms with Gasteiger partial charge in [0.05, 0.1) is 4.92 Å². The Balaban J connectivity index is 2.49. The second-order valence-corrected chi connectivity index (χ2v) is 4.75. The van der Waals surface area contributed by atoms with E-state index in [0.29, 0.717) is 6.54 Å². The second-order valence-electron chi connectivity index (χ2n) is 3.90. The van der Waals surface area contributed by atoms with Crippen molar-refractivity contribution in [3.63, 3.8) is 0 Å². The van der Waals surface area contributed by atoms with Gasteiger partial charge in [-0.25, -0.2) is 0 Å². The van der Waals surface area contributed by atoms with Gasteiger partial charge in [0.2, 0.25) is 0 Å². The predicted octanol–water partition coefficient (Wildman–Crippen LogP) is 2.74. The number of likely N-dealkylation sites (N-methyl/N-ethyl adjacent to an activating group) is 1. The molecule has 0 radical (unpaired) electrons. The molecular weight excluding hydrogens is 272 g/mol. The minimum atomic E-state index is -0.287. The van der Waals surface area contributed by atoms with E-state index in [0.717, 1.165) is 35.1 Å². The molecule has 1 aliphatic rings. The van der Waals surface area contributed by atoms with Crippen molar-refractivity contribution < 1.29 is 4.92 Å². The van der Waals surface area contributed by atoms with Crippen LogP contribution in [0.5, 0.6) is 0 Å². The van der Waals surface area contributed by atoms with Crippen LogP contribution in [0.15, 0.2) is 16.6 Å². The average Bonchev–Trinajstić information content (AvgIpc) is 2.28. The van der Waals surface area contributed by atoms with Gasteiger partial charge in [-0.2, -0.15) is 0 Å². The van der Waals surface area contributed by atoms with Crippen LogP contribution in [0.3, 0.4) is 0 Å². The molecule has 0 saturated heterocycles. The number of nitrogens with zero attached hydrogens (tertiary/aromatic N) is 2. The molecule has 2 rings (SSSR count). The number of hydrogen-bond acceptors (Lipinski definition) is 3. The molecule has 1 aromatic rings. The number of rotatable bonds is 2. The summed E-state index contributed by atoms with van der Waals surface area (Å²) in [5.41, 5.74) is 2.21. The van der Waals surface area contributed by atoms with Crippen molar-refractivity contribution in [3.8, 4) is 0 Å². The lowest BCUT2D eigenvalue weighted by Gasteiger charge is -2.27. The molecule has 0 saturated carbocycles. The highest BCUT2D eigenvalue weighted by Crippen LogP contribution is 2.33. The van der Waals surface area contributed by atoms with Gasteiger partial charge >= 0.3 is 0 Å². The van der Waals surface area contributed by atoms with Gasteiger partial charge in [0.15, 0.2) is 0 Å². The number of fused-ring (bicyclic) bond motifs is 1. The van der Waals surface area contributed by atoms with Crippen molar-refractivity contribution in [2.45, 2.75) is 19.9 Å². The molecule has 0 atom stereocenters. The third-order valence-electron chi connectivity index (χ3n) is 3.05. The predicted molar refractivity (Wildman–Crippen MR) is 65.5 cm³/mol. The minimum Gasteiger partial charge on any atom is -0.299 e. The topological polar surface area (TPSA) is 46.4 Å². The lowest BCUT2D eigenvalue weighted by atomic mass is 9.98. The summed E-state index contributed by atoms with van der Waals surface area (Å²) in [6.45, 7) is 4.67. The number of nitro groups is 1. The van der Waals surface area contributed by atoms with Crippen LogP contribution in [0, 0.1) is 10.1 Å². The van der Waals surface area contributed by atoms with Crippen LogP contribution in [-0.4, -0.2) is 22.9 Å². The van der Waals surface area contributed by atoms with Gasteiger partial charge in [0, 0.05) is 29.2 Å². The Morgan fingerprint density at radius 2 is 2.25 bits per heavy atom. The Morgan fingerprint density at radius 1 is 1.50 bits per heavy atom. The third-order valence-corrected chi connectivity index (χ3v) is 3.80. The third kappa shape index (κ3) is 1.97. The Hall–Kier alpha value is -0.940. The fraction of sp³-hybridized carbons (Fsp3) is 0.455. The SMILES string of the molecule is CCN1CCc2c(Br)ccc([N+](=O)[O-])c2C1. The van der Waals surface area contributed by atoms with E-state index in [2.05, 4.69) is 27.8 Å². The molecule has 1 heterocycles. The van der Waals surface area contributed by atoms with Crippen LogP contribution >= 0.6 is 15.9 Å². The summed E-state index contributed by atoms with van der Waals surface area (Å²) < 4.78 is 0.990. The van der Waals surface area contributed by atoms with Crippen LogP contribution in [0.2, 0.25) is 0 Å². The van der Waals surface area contributed by atoms with E-state index in [-0.39, 0.29) is 10.6 Å². The smallest absolute Gasteiger partial charge is 0.274 e. The van der Waals surface area contributed by atoms with E-state index in [4.69, 9.17) is 0 Å². The molecule has 5 heteroatoms. The Kier molecular flexibility index (Phi) is 3.25. The first-order chi connectivity index (χ1) is 7.63. The normalized spacial score (nSPS) is 15.9. The average molecular weight is 285 g/mol. The van der Waals surface area contributed by atoms with Gasteiger partial charge in [-0.05, 0) is 24.6 Å². The van der Waals surface area contributed by atoms with Crippen molar-refractivity contribution >= 4 is 21.6 Å². The van der Waals surface area contributed by atoms with E-state index in [1.807, 2.05) is 0 Å². The Labute approximate surface area is 103 Å². The molecular formula is C11H13BrN2O2. The molecule has 0 aromatic heterocycles. The molecule has 0 spiro atoms. The summed E-state index contributed by atoms with van der Waals surface area (Å²) in [6.07, 6.45) is 0.880. The van der Waals surface area contributed by atoms with Gasteiger partial charge in [-0.15, -0.1) is 0 Å². The van der Waals surface area contributed by atoms with Crippen LogP contribution in [0.4, 0.5) is 5.69 Å². The maximum absolute atomic E-state index is 11.0. The Bertz CT molecular complexity index is 434. The molecule has 0 fully saturated rings. The van der Waals surface area contributed by atoms with Gasteiger partial charge < -0.3 is 0 Å². The van der Waals surface area contributed by atoms with Crippen molar-refractivity contribution in [1.82, 2.24) is 4.90 Å². The lowest BCUT2D eigenvalue weighted by Crippen LogP contribution is -2.30. The van der Waals surface area contributed by atoms with Crippen LogP contribution in [-0.2, 0) is 13.0 Å². The van der Waals surface area contributed by atoms with Crippen LogP contribution in [0.25, 0.3) is 0 Å². The monoisotopic (exact) mass is 284 g/mol. The number of halogens is 1. The zero-order chi connectivity index (χ0) is 11.7. The maximum atomic E-state index is 11.0. The summed E-state index contributed by atoms with van der Waals surface area (Å²) in [4.78, 5) is 12.9. The largest absolute Gasteiger partial charge is 0.299 e. The highest BCUT2D eigenvalue weighted by molar-refractivity contribution is 9.10. The molecule has 16 heavy (non-hydrogen) atoms. The highest BCUT2D eigenvalue weighted by atomic mass is 79.9. The molecule has 4 nitrogen and oxygen atoms in total. The summed E-state index contributed by atoms with van der Waals surface area (Å²) in [5, 5.41) is 11.0. The highest BCUT2D eigenvalue weighted by Gasteiger charge is 2.25. The molecule has 86 valence electrons. The van der Waals surface area contributed by atoms with Gasteiger partial charge in [0.1, 0.15) is 0 Å². The number of benzene rings is 1. The molecule has 0 bridgehead atoms. The van der Waals surface area contributed by atoms with E-state index >= 15 is 0 Å². The molecule has 0 N–H and O–H groups in total. The van der Waals surface area contributed by atoms with Crippen molar-refractivity contribution in [2.24, 2.45) is 0 Å². The number of nitro benzene ring substituents is 1. The fourth-order valence-electron chi connectivity index (χ4n) is 2.11. The first-order valence-electron chi connectivity index (χ1n) is 5.30. The van der Waals surface area contributed by atoms with E-state index in [1.165, 1.54) is 0 Å². The van der Waals surface area contributed by atoms with Gasteiger partial charge in [-0.1, -0.05) is 22.9 Å². The quantitative estimate of drug-likeness (QED) is 0.620. The fourth-order valence-corrected chi connectivity index (χ4v) is 2.68. The lowest BCUT2D eigenvalue weighted by molar-refractivity contribution is -0.385. The summed E-state index contributed by atoms with van der Waals surface area (Å²) >= 11 is 3.47.